The number of nitrogens with zero attached hydrogens (tertiary/aromatic N) is 2. The minimum atomic E-state index is -4.48. The van der Waals surface area contributed by atoms with Crippen molar-refractivity contribution in [1.29, 1.82) is 0 Å². The molecule has 4 rings (SSSR count). The standard InChI is InChI=1S/C31H40FN5O4S.ClH/c1-30(2,3)25-14-13-24(28(32)35-25)29(38)37-42(39,40)27-17-23(41-20-21-10-7-6-8-11-21)16-26(36-27)33-15-9-12-22-18-31(4,5)34-19-22;/h6-8,10-11,13-14,16-17,22,34H,9,12,15,18-20H2,1-5H3,(H,33,36)(H,37,38);1H. The Labute approximate surface area is 259 Å². The number of anilines is 1. The van der Waals surface area contributed by atoms with E-state index in [2.05, 4.69) is 34.4 Å². The maximum Gasteiger partial charge on any atom is 0.282 e. The van der Waals surface area contributed by atoms with Crippen molar-refractivity contribution in [3.63, 3.8) is 0 Å². The zero-order valence-corrected chi connectivity index (χ0v) is 26.9. The second-order valence-corrected chi connectivity index (χ2v) is 14.1. The van der Waals surface area contributed by atoms with E-state index in [1.54, 1.807) is 6.07 Å². The summed E-state index contributed by atoms with van der Waals surface area (Å²) in [5.41, 5.74) is 0.557. The Bertz CT molecular complexity index is 1510. The van der Waals surface area contributed by atoms with Gasteiger partial charge in [0.2, 0.25) is 5.95 Å². The number of ether oxygens (including phenoxy) is 1. The highest BCUT2D eigenvalue weighted by atomic mass is 35.5. The van der Waals surface area contributed by atoms with Gasteiger partial charge in [-0.3, -0.25) is 4.79 Å². The van der Waals surface area contributed by atoms with Crippen LogP contribution in [0.4, 0.5) is 10.2 Å². The van der Waals surface area contributed by atoms with Crippen LogP contribution < -0.4 is 20.1 Å². The summed E-state index contributed by atoms with van der Waals surface area (Å²) in [5, 5.41) is 6.30. The van der Waals surface area contributed by atoms with Gasteiger partial charge in [-0.25, -0.2) is 14.7 Å². The Balaban J connectivity index is 0.00000506. The van der Waals surface area contributed by atoms with Gasteiger partial charge in [-0.05, 0) is 63.3 Å². The van der Waals surface area contributed by atoms with Crippen LogP contribution in [0.1, 0.15) is 75.5 Å². The van der Waals surface area contributed by atoms with Crippen molar-refractivity contribution >= 4 is 34.2 Å². The van der Waals surface area contributed by atoms with Crippen molar-refractivity contribution in [1.82, 2.24) is 20.0 Å². The third kappa shape index (κ3) is 9.61. The molecule has 43 heavy (non-hydrogen) atoms. The van der Waals surface area contributed by atoms with E-state index in [1.165, 1.54) is 18.2 Å². The maximum atomic E-state index is 14.7. The molecule has 1 fully saturated rings. The molecule has 0 bridgehead atoms. The van der Waals surface area contributed by atoms with Crippen LogP contribution in [0, 0.1) is 11.9 Å². The van der Waals surface area contributed by atoms with Gasteiger partial charge in [0, 0.05) is 35.3 Å². The number of halogens is 2. The molecule has 9 nitrogen and oxygen atoms in total. The van der Waals surface area contributed by atoms with Gasteiger partial charge < -0.3 is 15.4 Å². The minimum Gasteiger partial charge on any atom is -0.489 e. The number of benzene rings is 1. The lowest BCUT2D eigenvalue weighted by atomic mass is 9.91. The van der Waals surface area contributed by atoms with Crippen LogP contribution in [0.5, 0.6) is 5.75 Å². The van der Waals surface area contributed by atoms with Crippen molar-refractivity contribution in [3.05, 3.63) is 77.4 Å². The van der Waals surface area contributed by atoms with Crippen molar-refractivity contribution in [2.45, 2.75) is 76.5 Å². The molecular weight excluding hydrogens is 593 g/mol. The first kappa shape index (κ1) is 34.2. The maximum absolute atomic E-state index is 14.7. The summed E-state index contributed by atoms with van der Waals surface area (Å²) in [7, 11) is -4.48. The molecule has 1 unspecified atom stereocenters. The Kier molecular flexibility index (Phi) is 11.1. The van der Waals surface area contributed by atoms with Crippen molar-refractivity contribution in [2.75, 3.05) is 18.4 Å². The number of sulfonamides is 1. The Hall–Kier alpha value is -3.28. The van der Waals surface area contributed by atoms with Crippen LogP contribution in [-0.4, -0.2) is 42.9 Å². The summed E-state index contributed by atoms with van der Waals surface area (Å²) >= 11 is 0. The quantitative estimate of drug-likeness (QED) is 0.184. The first-order chi connectivity index (χ1) is 19.7. The lowest BCUT2D eigenvalue weighted by Crippen LogP contribution is -2.32. The molecule has 1 aliphatic rings. The number of amides is 1. The van der Waals surface area contributed by atoms with Crippen LogP contribution in [0.2, 0.25) is 0 Å². The molecule has 1 aliphatic heterocycles. The van der Waals surface area contributed by atoms with E-state index in [0.717, 1.165) is 31.4 Å². The molecular formula is C31H41ClFN5O4S. The van der Waals surface area contributed by atoms with E-state index in [-0.39, 0.29) is 30.3 Å². The number of nitrogens with one attached hydrogen (secondary N) is 3. The van der Waals surface area contributed by atoms with E-state index < -0.39 is 37.9 Å². The smallest absolute Gasteiger partial charge is 0.282 e. The van der Waals surface area contributed by atoms with Crippen LogP contribution in [0.25, 0.3) is 0 Å². The number of rotatable bonds is 11. The third-order valence-electron chi connectivity index (χ3n) is 7.15. The van der Waals surface area contributed by atoms with Gasteiger partial charge in [-0.1, -0.05) is 51.1 Å². The Morgan fingerprint density at radius 3 is 2.47 bits per heavy atom. The topological polar surface area (TPSA) is 122 Å². The number of aromatic nitrogens is 2. The van der Waals surface area contributed by atoms with Gasteiger partial charge in [0.1, 0.15) is 18.2 Å². The predicted molar refractivity (Wildman–Crippen MR) is 168 cm³/mol. The molecule has 12 heteroatoms. The molecule has 3 aromatic rings. The van der Waals surface area contributed by atoms with E-state index in [9.17, 15) is 17.6 Å². The van der Waals surface area contributed by atoms with Gasteiger partial charge in [0.15, 0.2) is 5.03 Å². The largest absolute Gasteiger partial charge is 0.489 e. The van der Waals surface area contributed by atoms with Crippen molar-refractivity contribution < 1.29 is 22.3 Å². The van der Waals surface area contributed by atoms with Gasteiger partial charge in [0.05, 0.1) is 5.56 Å². The highest BCUT2D eigenvalue weighted by molar-refractivity contribution is 7.90. The second kappa shape index (κ2) is 14.0. The lowest BCUT2D eigenvalue weighted by molar-refractivity contribution is 0.0976. The van der Waals surface area contributed by atoms with Gasteiger partial charge in [-0.2, -0.15) is 12.8 Å². The van der Waals surface area contributed by atoms with E-state index >= 15 is 0 Å². The van der Waals surface area contributed by atoms with Crippen molar-refractivity contribution in [3.8, 4) is 5.75 Å². The molecule has 0 spiro atoms. The minimum absolute atomic E-state index is 0. The zero-order valence-electron chi connectivity index (χ0n) is 25.2. The van der Waals surface area contributed by atoms with E-state index in [1.807, 2.05) is 55.8 Å². The molecule has 1 amide bonds. The van der Waals surface area contributed by atoms with Gasteiger partial charge in [-0.15, -0.1) is 12.4 Å². The number of hydrogen-bond donors (Lipinski definition) is 3. The number of hydrogen-bond acceptors (Lipinski definition) is 8. The third-order valence-corrected chi connectivity index (χ3v) is 8.37. The molecule has 3 heterocycles. The zero-order chi connectivity index (χ0) is 30.5. The first-order valence-electron chi connectivity index (χ1n) is 14.1. The average molecular weight is 634 g/mol. The van der Waals surface area contributed by atoms with Crippen LogP contribution in [0.3, 0.4) is 0 Å². The molecule has 234 valence electrons. The number of carbonyl (C=O) groups is 1. The summed E-state index contributed by atoms with van der Waals surface area (Å²) in [5.74, 6) is -1.06. The lowest BCUT2D eigenvalue weighted by Gasteiger charge is -2.18. The number of pyridine rings is 2. The fourth-order valence-corrected chi connectivity index (χ4v) is 5.83. The highest BCUT2D eigenvalue weighted by Gasteiger charge is 2.30. The monoisotopic (exact) mass is 633 g/mol. The van der Waals surface area contributed by atoms with Crippen molar-refractivity contribution in [2.24, 2.45) is 5.92 Å². The van der Waals surface area contributed by atoms with E-state index in [4.69, 9.17) is 4.74 Å². The predicted octanol–water partition coefficient (Wildman–Crippen LogP) is 5.61. The summed E-state index contributed by atoms with van der Waals surface area (Å²) in [6.07, 6.45) is 2.99. The molecule has 2 aromatic heterocycles. The average Bonchev–Trinajstić information content (AvgIpc) is 3.27. The van der Waals surface area contributed by atoms with Gasteiger partial charge >= 0.3 is 0 Å². The van der Waals surface area contributed by atoms with E-state index in [0.29, 0.717) is 24.0 Å². The van der Waals surface area contributed by atoms with Gasteiger partial charge in [0.25, 0.3) is 15.9 Å². The Morgan fingerprint density at radius 2 is 1.84 bits per heavy atom. The first-order valence-corrected chi connectivity index (χ1v) is 15.6. The van der Waals surface area contributed by atoms with Crippen LogP contribution in [-0.2, 0) is 22.0 Å². The molecule has 0 aliphatic carbocycles. The van der Waals surface area contributed by atoms with Crippen LogP contribution >= 0.6 is 12.4 Å². The summed E-state index contributed by atoms with van der Waals surface area (Å²) < 4.78 is 49.1. The molecule has 1 aromatic carbocycles. The molecule has 1 saturated heterocycles. The fourth-order valence-electron chi connectivity index (χ4n) is 4.88. The normalized spacial score (nSPS) is 16.3. The molecule has 0 radical (unpaired) electrons. The molecule has 1 atom stereocenters. The second-order valence-electron chi connectivity index (χ2n) is 12.4. The summed E-state index contributed by atoms with van der Waals surface area (Å²) in [6, 6.07) is 15.0. The molecule has 0 saturated carbocycles. The molecule has 3 N–H and O–H groups in total. The SMILES string of the molecule is CC1(C)CC(CCCNc2cc(OCc3ccccc3)cc(S(=O)(=O)NC(=O)c3ccc(C(C)(C)C)nc3F)n2)CN1.Cl. The summed E-state index contributed by atoms with van der Waals surface area (Å²) in [6.45, 7) is 11.7. The van der Waals surface area contributed by atoms with Crippen LogP contribution in [0.15, 0.2) is 59.6 Å². The summed E-state index contributed by atoms with van der Waals surface area (Å²) in [4.78, 5) is 20.9. The number of carbonyl (C=O) groups excluding carboxylic acids is 1. The fraction of sp³-hybridized carbons (Fsp3) is 0.452. The Morgan fingerprint density at radius 1 is 1.12 bits per heavy atom. The highest BCUT2D eigenvalue weighted by Crippen LogP contribution is 2.27.